The second-order valence-electron chi connectivity index (χ2n) is 5.36. The molecular formula is C16H17FN4O3. The van der Waals surface area contributed by atoms with E-state index in [9.17, 15) is 9.18 Å². The molecule has 0 bridgehead atoms. The number of halogens is 1. The maximum Gasteiger partial charge on any atom is 0.356 e. The van der Waals surface area contributed by atoms with Crippen LogP contribution >= 0.6 is 0 Å². The van der Waals surface area contributed by atoms with Crippen LogP contribution in [0.5, 0.6) is 5.75 Å². The molecule has 126 valence electrons. The van der Waals surface area contributed by atoms with Gasteiger partial charge in [0, 0.05) is 37.9 Å². The fourth-order valence-corrected chi connectivity index (χ4v) is 2.63. The Morgan fingerprint density at radius 2 is 1.88 bits per heavy atom. The van der Waals surface area contributed by atoms with Gasteiger partial charge in [-0.1, -0.05) is 0 Å². The molecule has 8 heteroatoms. The van der Waals surface area contributed by atoms with Crippen LogP contribution in [0.1, 0.15) is 10.5 Å². The van der Waals surface area contributed by atoms with Crippen LogP contribution in [0.4, 0.5) is 15.9 Å². The van der Waals surface area contributed by atoms with Gasteiger partial charge in [0.05, 0.1) is 19.5 Å². The number of anilines is 2. The van der Waals surface area contributed by atoms with Crippen molar-refractivity contribution in [3.8, 4) is 5.75 Å². The summed E-state index contributed by atoms with van der Waals surface area (Å²) in [6.07, 6.45) is 2.73. The molecule has 3 rings (SSSR count). The van der Waals surface area contributed by atoms with E-state index in [2.05, 4.69) is 14.9 Å². The zero-order chi connectivity index (χ0) is 17.1. The fraction of sp³-hybridized carbons (Fsp3) is 0.312. The van der Waals surface area contributed by atoms with Crippen LogP contribution < -0.4 is 14.5 Å². The summed E-state index contributed by atoms with van der Waals surface area (Å²) in [7, 11) is 1.44. The van der Waals surface area contributed by atoms with Gasteiger partial charge in [0.15, 0.2) is 17.3 Å². The number of hydrogen-bond donors (Lipinski definition) is 1. The summed E-state index contributed by atoms with van der Waals surface area (Å²) in [6.45, 7) is 2.88. The fourth-order valence-electron chi connectivity index (χ4n) is 2.63. The lowest BCUT2D eigenvalue weighted by Crippen LogP contribution is -2.46. The molecule has 2 heterocycles. The van der Waals surface area contributed by atoms with Gasteiger partial charge in [0.1, 0.15) is 5.82 Å². The molecule has 0 aliphatic carbocycles. The minimum atomic E-state index is -1.09. The normalized spacial score (nSPS) is 14.6. The predicted molar refractivity (Wildman–Crippen MR) is 86.4 cm³/mol. The van der Waals surface area contributed by atoms with E-state index in [0.717, 1.165) is 18.8 Å². The molecular weight excluding hydrogens is 315 g/mol. The third-order valence-electron chi connectivity index (χ3n) is 3.96. The van der Waals surface area contributed by atoms with Gasteiger partial charge in [0.25, 0.3) is 0 Å². The van der Waals surface area contributed by atoms with E-state index in [-0.39, 0.29) is 17.3 Å². The summed E-state index contributed by atoms with van der Waals surface area (Å²) in [5.74, 6) is -0.598. The Hall–Kier alpha value is -2.90. The molecule has 1 N–H and O–H groups in total. The van der Waals surface area contributed by atoms with E-state index in [4.69, 9.17) is 9.84 Å². The van der Waals surface area contributed by atoms with E-state index in [1.165, 1.54) is 25.6 Å². The molecule has 0 unspecified atom stereocenters. The summed E-state index contributed by atoms with van der Waals surface area (Å²) in [5, 5.41) is 8.85. The van der Waals surface area contributed by atoms with Gasteiger partial charge >= 0.3 is 5.97 Å². The third kappa shape index (κ3) is 3.22. The second kappa shape index (κ2) is 6.69. The first kappa shape index (κ1) is 16.0. The number of methoxy groups -OCH3 is 1. The zero-order valence-corrected chi connectivity index (χ0v) is 13.1. The molecule has 0 saturated carbocycles. The molecule has 2 aromatic rings. The van der Waals surface area contributed by atoms with Crippen LogP contribution in [0, 0.1) is 5.82 Å². The molecule has 0 spiro atoms. The van der Waals surface area contributed by atoms with Crippen molar-refractivity contribution in [2.45, 2.75) is 0 Å². The molecule has 24 heavy (non-hydrogen) atoms. The van der Waals surface area contributed by atoms with Crippen molar-refractivity contribution in [3.05, 3.63) is 42.1 Å². The summed E-state index contributed by atoms with van der Waals surface area (Å²) in [6, 6.07) is 4.82. The molecule has 0 radical (unpaired) electrons. The van der Waals surface area contributed by atoms with Gasteiger partial charge in [-0.2, -0.15) is 0 Å². The van der Waals surface area contributed by atoms with Crippen LogP contribution in [0.2, 0.25) is 0 Å². The third-order valence-corrected chi connectivity index (χ3v) is 3.96. The SMILES string of the molecule is COc1cc(N2CCN(c3cnc(C(=O)O)cn3)CC2)ccc1F. The van der Waals surface area contributed by atoms with Crippen molar-refractivity contribution in [2.24, 2.45) is 0 Å². The number of aromatic nitrogens is 2. The van der Waals surface area contributed by atoms with Gasteiger partial charge in [-0.15, -0.1) is 0 Å². The van der Waals surface area contributed by atoms with Crippen molar-refractivity contribution in [3.63, 3.8) is 0 Å². The largest absolute Gasteiger partial charge is 0.494 e. The Bertz CT molecular complexity index is 731. The monoisotopic (exact) mass is 332 g/mol. The average Bonchev–Trinajstić information content (AvgIpc) is 2.62. The van der Waals surface area contributed by atoms with Gasteiger partial charge in [-0.25, -0.2) is 19.2 Å². The summed E-state index contributed by atoms with van der Waals surface area (Å²) >= 11 is 0. The maximum atomic E-state index is 13.5. The minimum Gasteiger partial charge on any atom is -0.494 e. The molecule has 1 aromatic carbocycles. The Balaban J connectivity index is 1.66. The molecule has 1 saturated heterocycles. The number of carboxylic acid groups (broad SMARTS) is 1. The molecule has 1 fully saturated rings. The quantitative estimate of drug-likeness (QED) is 0.912. The first-order valence-electron chi connectivity index (χ1n) is 7.47. The standard InChI is InChI=1S/C16H17FN4O3/c1-24-14-8-11(2-3-12(14)17)20-4-6-21(7-5-20)15-10-18-13(9-19-15)16(22)23/h2-3,8-10H,4-7H2,1H3,(H,22,23). The Kier molecular flexibility index (Phi) is 4.45. The number of aromatic carboxylic acids is 1. The Labute approximate surface area is 138 Å². The highest BCUT2D eigenvalue weighted by Gasteiger charge is 2.20. The van der Waals surface area contributed by atoms with Crippen molar-refractivity contribution in [1.29, 1.82) is 0 Å². The van der Waals surface area contributed by atoms with Gasteiger partial charge < -0.3 is 19.6 Å². The van der Waals surface area contributed by atoms with E-state index in [0.29, 0.717) is 18.9 Å². The zero-order valence-electron chi connectivity index (χ0n) is 13.1. The van der Waals surface area contributed by atoms with E-state index in [1.807, 2.05) is 4.90 Å². The van der Waals surface area contributed by atoms with Gasteiger partial charge in [0.2, 0.25) is 0 Å². The van der Waals surface area contributed by atoms with Crippen LogP contribution in [0.3, 0.4) is 0 Å². The number of carbonyl (C=O) groups is 1. The highest BCUT2D eigenvalue weighted by Crippen LogP contribution is 2.25. The van der Waals surface area contributed by atoms with Crippen molar-refractivity contribution in [2.75, 3.05) is 43.1 Å². The Morgan fingerprint density at radius 3 is 2.46 bits per heavy atom. The molecule has 1 aliphatic heterocycles. The predicted octanol–water partition coefficient (Wildman–Crippen LogP) is 1.65. The smallest absolute Gasteiger partial charge is 0.356 e. The van der Waals surface area contributed by atoms with Crippen molar-refractivity contribution < 1.29 is 19.0 Å². The number of piperazine rings is 1. The first-order valence-corrected chi connectivity index (χ1v) is 7.47. The van der Waals surface area contributed by atoms with E-state index >= 15 is 0 Å². The topological polar surface area (TPSA) is 78.8 Å². The van der Waals surface area contributed by atoms with Crippen LogP contribution in [-0.4, -0.2) is 54.3 Å². The summed E-state index contributed by atoms with van der Waals surface area (Å²) in [5.41, 5.74) is 0.830. The first-order chi connectivity index (χ1) is 11.6. The van der Waals surface area contributed by atoms with Crippen molar-refractivity contribution in [1.82, 2.24) is 9.97 Å². The number of rotatable bonds is 4. The van der Waals surface area contributed by atoms with Crippen LogP contribution in [0.15, 0.2) is 30.6 Å². The lowest BCUT2D eigenvalue weighted by Gasteiger charge is -2.36. The molecule has 0 amide bonds. The van der Waals surface area contributed by atoms with Gasteiger partial charge in [-0.3, -0.25) is 0 Å². The minimum absolute atomic E-state index is 0.0733. The Morgan fingerprint density at radius 1 is 1.17 bits per heavy atom. The summed E-state index contributed by atoms with van der Waals surface area (Å²) < 4.78 is 18.5. The number of benzene rings is 1. The van der Waals surface area contributed by atoms with E-state index in [1.54, 1.807) is 12.1 Å². The highest BCUT2D eigenvalue weighted by atomic mass is 19.1. The molecule has 0 atom stereocenters. The van der Waals surface area contributed by atoms with Crippen LogP contribution in [-0.2, 0) is 0 Å². The molecule has 7 nitrogen and oxygen atoms in total. The maximum absolute atomic E-state index is 13.5. The average molecular weight is 332 g/mol. The number of carboxylic acids is 1. The van der Waals surface area contributed by atoms with Gasteiger partial charge in [-0.05, 0) is 12.1 Å². The number of nitrogens with zero attached hydrogens (tertiary/aromatic N) is 4. The van der Waals surface area contributed by atoms with Crippen LogP contribution in [0.25, 0.3) is 0 Å². The molecule has 1 aromatic heterocycles. The van der Waals surface area contributed by atoms with Crippen molar-refractivity contribution >= 4 is 17.5 Å². The number of ether oxygens (including phenoxy) is 1. The van der Waals surface area contributed by atoms with E-state index < -0.39 is 5.97 Å². The molecule has 1 aliphatic rings. The lowest BCUT2D eigenvalue weighted by molar-refractivity contribution is 0.0690. The number of hydrogen-bond acceptors (Lipinski definition) is 6. The summed E-state index contributed by atoms with van der Waals surface area (Å²) in [4.78, 5) is 23.0. The lowest BCUT2D eigenvalue weighted by atomic mass is 10.2. The highest BCUT2D eigenvalue weighted by molar-refractivity contribution is 5.84. The second-order valence-corrected chi connectivity index (χ2v) is 5.36.